The number of ether oxygens (including phenoxy) is 4. The van der Waals surface area contributed by atoms with Crippen molar-refractivity contribution in [1.82, 2.24) is 0 Å². The molecule has 0 aliphatic rings. The summed E-state index contributed by atoms with van der Waals surface area (Å²) >= 11 is 0. The number of phosphoric ester groups is 2. The number of hydrogen-bond acceptors (Lipinski definition) is 15. The molecule has 534 valence electrons. The molecule has 0 radical (unpaired) electrons. The summed E-state index contributed by atoms with van der Waals surface area (Å²) < 4.78 is 68.3. The molecule has 3 unspecified atom stereocenters. The van der Waals surface area contributed by atoms with Crippen LogP contribution in [0.3, 0.4) is 0 Å². The van der Waals surface area contributed by atoms with Crippen molar-refractivity contribution in [2.24, 2.45) is 23.7 Å². The normalized spacial score (nSPS) is 14.6. The number of rotatable bonds is 68. The first-order valence-electron chi connectivity index (χ1n) is 36.7. The van der Waals surface area contributed by atoms with E-state index in [2.05, 4.69) is 55.4 Å². The molecular weight excluding hydrogens is 1190 g/mol. The van der Waals surface area contributed by atoms with Gasteiger partial charge in [0.05, 0.1) is 26.4 Å². The SMILES string of the molecule is CCC(C)CCCCCCCCCCCCC(=O)O[C@H](COC(=O)CCCCCCCCC(C)C)COP(=O)(O)OC[C@H](O)COP(=O)(O)OC[C@@H](COC(=O)CCCCCCCCCCCCCCCC(C)C)OC(=O)CCCCCCCCCCC(C)C. The lowest BCUT2D eigenvalue weighted by Gasteiger charge is -2.21. The van der Waals surface area contributed by atoms with E-state index in [-0.39, 0.29) is 25.7 Å². The molecule has 0 aromatic heterocycles. The van der Waals surface area contributed by atoms with Gasteiger partial charge in [0.2, 0.25) is 0 Å². The lowest BCUT2D eigenvalue weighted by Crippen LogP contribution is -2.30. The first-order valence-corrected chi connectivity index (χ1v) is 39.7. The van der Waals surface area contributed by atoms with Crippen LogP contribution in [0, 0.1) is 23.7 Å². The van der Waals surface area contributed by atoms with Crippen LogP contribution in [0.2, 0.25) is 0 Å². The number of carbonyl (C=O) groups excluding carboxylic acids is 4. The summed E-state index contributed by atoms with van der Waals surface area (Å²) in [5.74, 6) is 0.861. The van der Waals surface area contributed by atoms with Crippen LogP contribution in [0.25, 0.3) is 0 Å². The standard InChI is InChI=1S/C71H138O17P2/c1-9-64(8)50-42-34-25-18-15-16-20-27-37-45-53-70(75)87-67(58-82-69(74)52-44-36-30-29-33-41-49-63(6)7)60-86-90(79,80)84-56-65(72)55-83-89(77,78)85-59-66(88-71(76)54-46-38-28-22-21-24-32-40-48-62(4)5)57-81-68(73)51-43-35-26-19-14-12-10-11-13-17-23-31-39-47-61(2)3/h61-67,72H,9-60H2,1-8H3,(H,77,78)(H,79,80)/t64?,65-,66-,67-/m1/s1. The van der Waals surface area contributed by atoms with E-state index in [1.807, 2.05) is 0 Å². The van der Waals surface area contributed by atoms with E-state index in [9.17, 15) is 43.2 Å². The van der Waals surface area contributed by atoms with Gasteiger partial charge >= 0.3 is 39.5 Å². The minimum absolute atomic E-state index is 0.104. The molecule has 3 N–H and O–H groups in total. The molecule has 0 saturated heterocycles. The molecule has 17 nitrogen and oxygen atoms in total. The van der Waals surface area contributed by atoms with Crippen molar-refractivity contribution in [2.45, 2.75) is 369 Å². The number of esters is 4. The van der Waals surface area contributed by atoms with Crippen LogP contribution in [0.4, 0.5) is 0 Å². The molecule has 0 aliphatic heterocycles. The maximum atomic E-state index is 13.0. The average molecular weight is 1330 g/mol. The van der Waals surface area contributed by atoms with Gasteiger partial charge in [-0.25, -0.2) is 9.13 Å². The van der Waals surface area contributed by atoms with E-state index < -0.39 is 97.5 Å². The number of unbranched alkanes of at least 4 members (excludes halogenated alkanes) is 33. The number of aliphatic hydroxyl groups excluding tert-OH is 1. The van der Waals surface area contributed by atoms with E-state index in [0.29, 0.717) is 31.6 Å². The maximum Gasteiger partial charge on any atom is 0.472 e. The highest BCUT2D eigenvalue weighted by Gasteiger charge is 2.30. The Morgan fingerprint density at radius 2 is 0.533 bits per heavy atom. The number of carbonyl (C=O) groups is 4. The van der Waals surface area contributed by atoms with Crippen molar-refractivity contribution in [2.75, 3.05) is 39.6 Å². The summed E-state index contributed by atoms with van der Waals surface area (Å²) in [6, 6.07) is 0. The lowest BCUT2D eigenvalue weighted by molar-refractivity contribution is -0.161. The van der Waals surface area contributed by atoms with Crippen molar-refractivity contribution >= 4 is 39.5 Å². The topological polar surface area (TPSA) is 237 Å². The fourth-order valence-corrected chi connectivity index (χ4v) is 12.2. The Hall–Kier alpha value is -1.94. The molecule has 0 aromatic carbocycles. The van der Waals surface area contributed by atoms with Crippen molar-refractivity contribution in [3.63, 3.8) is 0 Å². The highest BCUT2D eigenvalue weighted by atomic mass is 31.2. The van der Waals surface area contributed by atoms with E-state index in [0.717, 1.165) is 114 Å². The molecule has 0 aromatic rings. The van der Waals surface area contributed by atoms with Crippen molar-refractivity contribution in [1.29, 1.82) is 0 Å². The smallest absolute Gasteiger partial charge is 0.462 e. The van der Waals surface area contributed by atoms with Crippen molar-refractivity contribution in [3.05, 3.63) is 0 Å². The van der Waals surface area contributed by atoms with Crippen LogP contribution >= 0.6 is 15.6 Å². The number of aliphatic hydroxyl groups is 1. The van der Waals surface area contributed by atoms with Crippen LogP contribution in [0.15, 0.2) is 0 Å². The molecule has 6 atom stereocenters. The van der Waals surface area contributed by atoms with Crippen LogP contribution in [-0.4, -0.2) is 96.7 Å². The Bertz CT molecular complexity index is 1780. The van der Waals surface area contributed by atoms with Crippen LogP contribution in [0.5, 0.6) is 0 Å². The zero-order valence-corrected chi connectivity index (χ0v) is 60.6. The van der Waals surface area contributed by atoms with E-state index in [4.69, 9.17) is 37.0 Å². The zero-order chi connectivity index (χ0) is 66.8. The molecule has 0 bridgehead atoms. The Morgan fingerprint density at radius 3 is 0.789 bits per heavy atom. The third-order valence-corrected chi connectivity index (χ3v) is 18.6. The monoisotopic (exact) mass is 1320 g/mol. The average Bonchev–Trinajstić information content (AvgIpc) is 3.02. The van der Waals surface area contributed by atoms with Gasteiger partial charge in [-0.3, -0.25) is 37.3 Å². The van der Waals surface area contributed by atoms with Gasteiger partial charge in [0.15, 0.2) is 12.2 Å². The fourth-order valence-electron chi connectivity index (χ4n) is 10.6. The Kier molecular flexibility index (Phi) is 59.4. The summed E-state index contributed by atoms with van der Waals surface area (Å²) in [5, 5.41) is 10.6. The third-order valence-electron chi connectivity index (χ3n) is 16.7. The van der Waals surface area contributed by atoms with Crippen LogP contribution < -0.4 is 0 Å². The van der Waals surface area contributed by atoms with E-state index >= 15 is 0 Å². The minimum Gasteiger partial charge on any atom is -0.462 e. The summed E-state index contributed by atoms with van der Waals surface area (Å²) in [5.41, 5.74) is 0. The quantitative estimate of drug-likeness (QED) is 0.0222. The van der Waals surface area contributed by atoms with Crippen LogP contribution in [-0.2, 0) is 65.4 Å². The summed E-state index contributed by atoms with van der Waals surface area (Å²) in [6.07, 6.45) is 43.2. The van der Waals surface area contributed by atoms with Gasteiger partial charge in [0.25, 0.3) is 0 Å². The van der Waals surface area contributed by atoms with Crippen molar-refractivity contribution in [3.8, 4) is 0 Å². The van der Waals surface area contributed by atoms with E-state index in [1.54, 1.807) is 0 Å². The summed E-state index contributed by atoms with van der Waals surface area (Å²) in [4.78, 5) is 72.5. The van der Waals surface area contributed by atoms with Gasteiger partial charge in [-0.1, -0.05) is 299 Å². The van der Waals surface area contributed by atoms with Crippen molar-refractivity contribution < 1.29 is 80.2 Å². The second-order valence-corrected chi connectivity index (χ2v) is 30.2. The Balaban J connectivity index is 5.22. The van der Waals surface area contributed by atoms with Crippen LogP contribution in [0.1, 0.15) is 351 Å². The molecule has 0 rings (SSSR count). The summed E-state index contributed by atoms with van der Waals surface area (Å²) in [7, 11) is -9.90. The molecule has 90 heavy (non-hydrogen) atoms. The molecule has 0 spiro atoms. The first-order chi connectivity index (χ1) is 43.1. The van der Waals surface area contributed by atoms with Gasteiger partial charge in [-0.05, 0) is 49.4 Å². The van der Waals surface area contributed by atoms with Gasteiger partial charge in [0, 0.05) is 25.7 Å². The largest absolute Gasteiger partial charge is 0.472 e. The second-order valence-electron chi connectivity index (χ2n) is 27.3. The highest BCUT2D eigenvalue weighted by Crippen LogP contribution is 2.45. The van der Waals surface area contributed by atoms with Gasteiger partial charge < -0.3 is 33.8 Å². The fraction of sp³-hybridized carbons (Fsp3) is 0.944. The predicted molar refractivity (Wildman–Crippen MR) is 363 cm³/mol. The first kappa shape index (κ1) is 88.1. The number of hydrogen-bond donors (Lipinski definition) is 3. The second kappa shape index (κ2) is 60.7. The molecule has 0 aliphatic carbocycles. The molecular formula is C71H138O17P2. The molecule has 0 amide bonds. The van der Waals surface area contributed by atoms with E-state index in [1.165, 1.54) is 148 Å². The molecule has 0 saturated carbocycles. The van der Waals surface area contributed by atoms with Gasteiger partial charge in [-0.2, -0.15) is 0 Å². The molecule has 19 heteroatoms. The summed E-state index contributed by atoms with van der Waals surface area (Å²) in [6.45, 7) is 14.1. The maximum absolute atomic E-state index is 13.0. The van der Waals surface area contributed by atoms with Gasteiger partial charge in [-0.15, -0.1) is 0 Å². The minimum atomic E-state index is -4.95. The Morgan fingerprint density at radius 1 is 0.311 bits per heavy atom. The Labute approximate surface area is 549 Å². The molecule has 0 heterocycles. The number of phosphoric acid groups is 2. The zero-order valence-electron chi connectivity index (χ0n) is 58.8. The van der Waals surface area contributed by atoms with Gasteiger partial charge in [0.1, 0.15) is 19.3 Å². The highest BCUT2D eigenvalue weighted by molar-refractivity contribution is 7.47. The predicted octanol–water partition coefficient (Wildman–Crippen LogP) is 20.1. The molecule has 0 fully saturated rings. The lowest BCUT2D eigenvalue weighted by atomic mass is 9.99. The third kappa shape index (κ3) is 63.5.